The first kappa shape index (κ1) is 18.1. The van der Waals surface area contributed by atoms with Gasteiger partial charge in [-0.1, -0.05) is 24.3 Å². The largest absolute Gasteiger partial charge is 0.479 e. The van der Waals surface area contributed by atoms with Crippen molar-refractivity contribution in [3.05, 3.63) is 35.4 Å². The number of carboxylic acid groups (broad SMARTS) is 1. The summed E-state index contributed by atoms with van der Waals surface area (Å²) in [6, 6.07) is 7.53. The van der Waals surface area contributed by atoms with Gasteiger partial charge in [0.25, 0.3) is 0 Å². The van der Waals surface area contributed by atoms with Gasteiger partial charge in [-0.25, -0.2) is 9.59 Å². The Kier molecular flexibility index (Phi) is 5.68. The molecule has 0 radical (unpaired) electrons. The zero-order valence-electron chi connectivity index (χ0n) is 13.4. The average molecular weight is 309 g/mol. The second-order valence-electron chi connectivity index (χ2n) is 6.20. The van der Waals surface area contributed by atoms with Crippen LogP contribution in [0.1, 0.15) is 31.9 Å². The fourth-order valence-electron chi connectivity index (χ4n) is 1.67. The molecule has 6 heteroatoms. The maximum atomic E-state index is 12.0. The van der Waals surface area contributed by atoms with E-state index in [1.165, 1.54) is 0 Å². The van der Waals surface area contributed by atoms with Crippen LogP contribution in [0.25, 0.3) is 0 Å². The Morgan fingerprint density at radius 2 is 1.82 bits per heavy atom. The maximum Gasteiger partial charge on any atom is 0.340 e. The number of benzene rings is 1. The monoisotopic (exact) mass is 309 g/mol. The van der Waals surface area contributed by atoms with Crippen LogP contribution in [0.3, 0.4) is 0 Å². The van der Waals surface area contributed by atoms with Crippen molar-refractivity contribution in [2.45, 2.75) is 45.4 Å². The Bertz CT molecular complexity index is 550. The van der Waals surface area contributed by atoms with Crippen LogP contribution in [-0.2, 0) is 25.7 Å². The summed E-state index contributed by atoms with van der Waals surface area (Å²) in [7, 11) is 0. The summed E-state index contributed by atoms with van der Waals surface area (Å²) in [5.74, 6) is -2.50. The van der Waals surface area contributed by atoms with Crippen LogP contribution in [-0.4, -0.2) is 34.8 Å². The van der Waals surface area contributed by atoms with Gasteiger partial charge in [-0.3, -0.25) is 0 Å². The van der Waals surface area contributed by atoms with E-state index >= 15 is 0 Å². The van der Waals surface area contributed by atoms with Crippen LogP contribution in [0.15, 0.2) is 24.3 Å². The maximum absolute atomic E-state index is 12.0. The van der Waals surface area contributed by atoms with Gasteiger partial charge in [-0.05, 0) is 38.8 Å². The Labute approximate surface area is 130 Å². The van der Waals surface area contributed by atoms with Gasteiger partial charge >= 0.3 is 11.9 Å². The van der Waals surface area contributed by atoms with Crippen molar-refractivity contribution in [3.8, 4) is 0 Å². The van der Waals surface area contributed by atoms with Gasteiger partial charge in [0.2, 0.25) is 5.54 Å². The fraction of sp³-hybridized carbons (Fsp3) is 0.500. The Hall–Kier alpha value is -1.92. The predicted octanol–water partition coefficient (Wildman–Crippen LogP) is 1.64. The van der Waals surface area contributed by atoms with E-state index < -0.39 is 29.7 Å². The molecule has 22 heavy (non-hydrogen) atoms. The number of nitrogens with two attached hydrogens (primary N) is 1. The van der Waals surface area contributed by atoms with Gasteiger partial charge in [-0.15, -0.1) is 0 Å². The van der Waals surface area contributed by atoms with E-state index in [2.05, 4.69) is 0 Å². The average Bonchev–Trinajstić information content (AvgIpc) is 2.38. The normalized spacial score (nSPS) is 14.2. The van der Waals surface area contributed by atoms with E-state index in [0.29, 0.717) is 0 Å². The minimum atomic E-state index is -2.23. The summed E-state index contributed by atoms with van der Waals surface area (Å²) in [5, 5.41) is 9.25. The fourth-order valence-corrected chi connectivity index (χ4v) is 1.67. The highest BCUT2D eigenvalue weighted by atomic mass is 16.6. The molecule has 1 aromatic rings. The van der Waals surface area contributed by atoms with Crippen molar-refractivity contribution in [3.63, 3.8) is 0 Å². The van der Waals surface area contributed by atoms with Crippen LogP contribution in [0.2, 0.25) is 0 Å². The Balaban J connectivity index is 2.74. The quantitative estimate of drug-likeness (QED) is 0.612. The van der Waals surface area contributed by atoms with Gasteiger partial charge in [0.05, 0.1) is 13.2 Å². The molecule has 122 valence electrons. The molecule has 0 aliphatic carbocycles. The third-order valence-corrected chi connectivity index (χ3v) is 2.99. The third kappa shape index (κ3) is 4.82. The number of rotatable bonds is 6. The number of carboxylic acids is 1. The van der Waals surface area contributed by atoms with Crippen LogP contribution >= 0.6 is 0 Å². The standard InChI is InChI=1S/C16H23NO5/c1-11-7-5-6-8-12(11)9-21-10-16(17,13(18)19)14(20)22-15(2,3)4/h5-8H,9-10,17H2,1-4H3,(H,18,19). The van der Waals surface area contributed by atoms with E-state index in [9.17, 15) is 14.7 Å². The molecule has 1 unspecified atom stereocenters. The number of aliphatic carboxylic acids is 1. The van der Waals surface area contributed by atoms with Crippen LogP contribution < -0.4 is 5.73 Å². The molecule has 0 aliphatic rings. The highest BCUT2D eigenvalue weighted by Gasteiger charge is 2.46. The summed E-state index contributed by atoms with van der Waals surface area (Å²) in [4.78, 5) is 23.4. The number of esters is 1. The lowest BCUT2D eigenvalue weighted by Crippen LogP contribution is -2.60. The zero-order valence-corrected chi connectivity index (χ0v) is 13.4. The first-order valence-corrected chi connectivity index (χ1v) is 6.94. The highest BCUT2D eigenvalue weighted by molar-refractivity contribution is 6.04. The Morgan fingerprint density at radius 1 is 1.23 bits per heavy atom. The van der Waals surface area contributed by atoms with E-state index in [1.54, 1.807) is 20.8 Å². The number of carbonyl (C=O) groups is 2. The topological polar surface area (TPSA) is 98.9 Å². The van der Waals surface area contributed by atoms with Crippen LogP contribution in [0, 0.1) is 6.92 Å². The molecule has 0 saturated heterocycles. The van der Waals surface area contributed by atoms with Crippen LogP contribution in [0.5, 0.6) is 0 Å². The molecular weight excluding hydrogens is 286 g/mol. The van der Waals surface area contributed by atoms with Gasteiger partial charge in [0, 0.05) is 0 Å². The molecule has 0 bridgehead atoms. The second kappa shape index (κ2) is 6.89. The molecule has 0 aromatic heterocycles. The minimum Gasteiger partial charge on any atom is -0.479 e. The molecule has 0 spiro atoms. The summed E-state index contributed by atoms with van der Waals surface area (Å²) in [6.07, 6.45) is 0. The molecular formula is C16H23NO5. The van der Waals surface area contributed by atoms with Crippen molar-refractivity contribution in [2.75, 3.05) is 6.61 Å². The molecule has 0 amide bonds. The lowest BCUT2D eigenvalue weighted by atomic mass is 10.0. The van der Waals surface area contributed by atoms with E-state index in [-0.39, 0.29) is 6.61 Å². The number of carbonyl (C=O) groups excluding carboxylic acids is 1. The van der Waals surface area contributed by atoms with Crippen molar-refractivity contribution >= 4 is 11.9 Å². The molecule has 3 N–H and O–H groups in total. The SMILES string of the molecule is Cc1ccccc1COCC(N)(C(=O)O)C(=O)OC(C)(C)C. The summed E-state index contributed by atoms with van der Waals surface area (Å²) < 4.78 is 10.4. The summed E-state index contributed by atoms with van der Waals surface area (Å²) in [6.45, 7) is 6.54. The molecule has 1 rings (SSSR count). The van der Waals surface area contributed by atoms with Gasteiger partial charge in [-0.2, -0.15) is 0 Å². The van der Waals surface area contributed by atoms with E-state index in [4.69, 9.17) is 15.2 Å². The zero-order chi connectivity index (χ0) is 17.0. The van der Waals surface area contributed by atoms with E-state index in [1.807, 2.05) is 31.2 Å². The molecule has 0 aliphatic heterocycles. The number of ether oxygens (including phenoxy) is 2. The smallest absolute Gasteiger partial charge is 0.340 e. The summed E-state index contributed by atoms with van der Waals surface area (Å²) >= 11 is 0. The number of aryl methyl sites for hydroxylation is 1. The summed E-state index contributed by atoms with van der Waals surface area (Å²) in [5.41, 5.74) is 4.56. The molecule has 1 atom stereocenters. The number of hydrogen-bond donors (Lipinski definition) is 2. The minimum absolute atomic E-state index is 0.168. The van der Waals surface area contributed by atoms with Crippen molar-refractivity contribution in [2.24, 2.45) is 5.73 Å². The predicted molar refractivity (Wildman–Crippen MR) is 81.2 cm³/mol. The molecule has 0 saturated carbocycles. The van der Waals surface area contributed by atoms with E-state index in [0.717, 1.165) is 11.1 Å². The van der Waals surface area contributed by atoms with Gasteiger partial charge in [0.15, 0.2) is 0 Å². The van der Waals surface area contributed by atoms with Crippen molar-refractivity contribution in [1.29, 1.82) is 0 Å². The molecule has 1 aromatic carbocycles. The second-order valence-corrected chi connectivity index (χ2v) is 6.20. The van der Waals surface area contributed by atoms with Gasteiger partial charge < -0.3 is 20.3 Å². The lowest BCUT2D eigenvalue weighted by Gasteiger charge is -2.28. The van der Waals surface area contributed by atoms with Crippen LogP contribution in [0.4, 0.5) is 0 Å². The Morgan fingerprint density at radius 3 is 2.32 bits per heavy atom. The molecule has 0 fully saturated rings. The third-order valence-electron chi connectivity index (χ3n) is 2.99. The lowest BCUT2D eigenvalue weighted by molar-refractivity contribution is -0.172. The van der Waals surface area contributed by atoms with Crippen molar-refractivity contribution < 1.29 is 24.2 Å². The molecule has 6 nitrogen and oxygen atoms in total. The van der Waals surface area contributed by atoms with Gasteiger partial charge in [0.1, 0.15) is 5.60 Å². The number of hydrogen-bond acceptors (Lipinski definition) is 5. The first-order valence-electron chi connectivity index (χ1n) is 6.94. The van der Waals surface area contributed by atoms with Crippen molar-refractivity contribution in [1.82, 2.24) is 0 Å². The molecule has 0 heterocycles. The highest BCUT2D eigenvalue weighted by Crippen LogP contribution is 2.15. The first-order chi connectivity index (χ1) is 10.1.